The summed E-state index contributed by atoms with van der Waals surface area (Å²) in [6.07, 6.45) is 4.38. The highest BCUT2D eigenvalue weighted by atomic mass is 16.2. The van der Waals surface area contributed by atoms with Crippen molar-refractivity contribution < 1.29 is 9.59 Å². The first kappa shape index (κ1) is 24.6. The molecular weight excluding hydrogens is 388 g/mol. The summed E-state index contributed by atoms with van der Waals surface area (Å²) in [5.74, 6) is -0.299. The summed E-state index contributed by atoms with van der Waals surface area (Å²) in [4.78, 5) is 24.6. The number of amides is 2. The number of rotatable bonds is 15. The minimum atomic E-state index is -0.522. The van der Waals surface area contributed by atoms with E-state index in [-0.39, 0.29) is 24.8 Å². The van der Waals surface area contributed by atoms with Gasteiger partial charge in [0.1, 0.15) is 6.04 Å². The maximum atomic E-state index is 12.6. The van der Waals surface area contributed by atoms with E-state index in [0.717, 1.165) is 38.8 Å². The Morgan fingerprint density at radius 1 is 0.806 bits per heavy atom. The van der Waals surface area contributed by atoms with E-state index in [0.29, 0.717) is 13.0 Å². The lowest BCUT2D eigenvalue weighted by Crippen LogP contribution is -2.47. The number of carbonyl (C=O) groups is 2. The second kappa shape index (κ2) is 15.2. The van der Waals surface area contributed by atoms with Gasteiger partial charge in [-0.25, -0.2) is 0 Å². The van der Waals surface area contributed by atoms with Gasteiger partial charge in [-0.15, -0.1) is 0 Å². The maximum absolute atomic E-state index is 12.6. The van der Waals surface area contributed by atoms with Crippen molar-refractivity contribution >= 4 is 11.8 Å². The van der Waals surface area contributed by atoms with Gasteiger partial charge in [-0.1, -0.05) is 60.7 Å². The standard InChI is InChI=1S/C25H36N4O2/c26-17-15-24(30)29-23(14-8-18-27-20-16-22-11-5-2-6-12-22)25(31)28-19-7-13-21-9-3-1-4-10-21/h1-6,9-12,23,27H,7-8,13-20,26H2,(H,28,31)(H,29,30)/t23-/m0/s1. The van der Waals surface area contributed by atoms with Crippen molar-refractivity contribution in [3.05, 3.63) is 71.8 Å². The van der Waals surface area contributed by atoms with Crippen molar-refractivity contribution in [2.75, 3.05) is 26.2 Å². The molecule has 2 aromatic carbocycles. The largest absolute Gasteiger partial charge is 0.354 e. The number of carbonyl (C=O) groups excluding carboxylic acids is 2. The van der Waals surface area contributed by atoms with Crippen LogP contribution in [0.4, 0.5) is 0 Å². The van der Waals surface area contributed by atoms with Gasteiger partial charge in [0.15, 0.2) is 0 Å². The average molecular weight is 425 g/mol. The molecule has 0 spiro atoms. The molecule has 0 aliphatic heterocycles. The summed E-state index contributed by atoms with van der Waals surface area (Å²) in [5, 5.41) is 9.22. The molecule has 6 nitrogen and oxygen atoms in total. The summed E-state index contributed by atoms with van der Waals surface area (Å²) in [6, 6.07) is 20.0. The number of benzene rings is 2. The van der Waals surface area contributed by atoms with Crippen LogP contribution in [0.2, 0.25) is 0 Å². The third-order valence-electron chi connectivity index (χ3n) is 5.09. The summed E-state index contributed by atoms with van der Waals surface area (Å²) in [7, 11) is 0. The molecule has 0 radical (unpaired) electrons. The van der Waals surface area contributed by atoms with Crippen LogP contribution < -0.4 is 21.7 Å². The van der Waals surface area contributed by atoms with E-state index in [9.17, 15) is 9.59 Å². The van der Waals surface area contributed by atoms with Gasteiger partial charge >= 0.3 is 0 Å². The minimum Gasteiger partial charge on any atom is -0.354 e. The van der Waals surface area contributed by atoms with Gasteiger partial charge in [-0.3, -0.25) is 9.59 Å². The Morgan fingerprint density at radius 3 is 2.10 bits per heavy atom. The number of aryl methyl sites for hydroxylation is 1. The zero-order valence-electron chi connectivity index (χ0n) is 18.3. The van der Waals surface area contributed by atoms with Crippen LogP contribution in [0.3, 0.4) is 0 Å². The Labute approximate surface area is 186 Å². The molecule has 2 rings (SSSR count). The molecule has 0 bridgehead atoms. The zero-order valence-corrected chi connectivity index (χ0v) is 18.3. The molecule has 168 valence electrons. The molecular formula is C25H36N4O2. The Hall–Kier alpha value is -2.70. The fraction of sp³-hybridized carbons (Fsp3) is 0.440. The SMILES string of the molecule is NCCC(=O)N[C@@H](CCCNCCc1ccccc1)C(=O)NCCCc1ccccc1. The lowest BCUT2D eigenvalue weighted by Gasteiger charge is -2.18. The Balaban J connectivity index is 1.68. The van der Waals surface area contributed by atoms with Crippen molar-refractivity contribution in [1.82, 2.24) is 16.0 Å². The Morgan fingerprint density at radius 2 is 1.45 bits per heavy atom. The van der Waals surface area contributed by atoms with Crippen LogP contribution in [-0.2, 0) is 22.4 Å². The molecule has 0 saturated carbocycles. The summed E-state index contributed by atoms with van der Waals surface area (Å²) in [6.45, 7) is 2.56. The van der Waals surface area contributed by atoms with Crippen LogP contribution in [0.5, 0.6) is 0 Å². The van der Waals surface area contributed by atoms with Crippen LogP contribution in [0.1, 0.15) is 36.8 Å². The van der Waals surface area contributed by atoms with E-state index in [2.05, 4.69) is 40.2 Å². The first-order valence-corrected chi connectivity index (χ1v) is 11.2. The van der Waals surface area contributed by atoms with Gasteiger partial charge in [-0.05, 0) is 56.3 Å². The molecule has 0 aromatic heterocycles. The van der Waals surface area contributed by atoms with Gasteiger partial charge in [0.05, 0.1) is 0 Å². The predicted octanol–water partition coefficient (Wildman–Crippen LogP) is 2.18. The molecule has 0 aliphatic carbocycles. The van der Waals surface area contributed by atoms with Crippen LogP contribution in [0.15, 0.2) is 60.7 Å². The molecule has 0 aliphatic rings. The molecule has 1 atom stereocenters. The number of nitrogens with two attached hydrogens (primary N) is 1. The quantitative estimate of drug-likeness (QED) is 0.330. The fourth-order valence-corrected chi connectivity index (χ4v) is 3.37. The van der Waals surface area contributed by atoms with Crippen molar-refractivity contribution in [2.24, 2.45) is 5.73 Å². The summed E-state index contributed by atoms with van der Waals surface area (Å²) < 4.78 is 0. The highest BCUT2D eigenvalue weighted by Crippen LogP contribution is 2.03. The molecule has 0 unspecified atom stereocenters. The van der Waals surface area contributed by atoms with Gasteiger partial charge in [-0.2, -0.15) is 0 Å². The van der Waals surface area contributed by atoms with Gasteiger partial charge < -0.3 is 21.7 Å². The van der Waals surface area contributed by atoms with E-state index in [4.69, 9.17) is 5.73 Å². The molecule has 2 amide bonds. The fourth-order valence-electron chi connectivity index (χ4n) is 3.37. The monoisotopic (exact) mass is 424 g/mol. The lowest BCUT2D eigenvalue weighted by atomic mass is 10.1. The van der Waals surface area contributed by atoms with Crippen molar-refractivity contribution in [3.63, 3.8) is 0 Å². The second-order valence-electron chi connectivity index (χ2n) is 7.67. The average Bonchev–Trinajstić information content (AvgIpc) is 2.79. The smallest absolute Gasteiger partial charge is 0.242 e. The van der Waals surface area contributed by atoms with Gasteiger partial charge in [0, 0.05) is 19.5 Å². The molecule has 0 fully saturated rings. The maximum Gasteiger partial charge on any atom is 0.242 e. The van der Waals surface area contributed by atoms with Crippen molar-refractivity contribution in [1.29, 1.82) is 0 Å². The molecule has 31 heavy (non-hydrogen) atoms. The highest BCUT2D eigenvalue weighted by molar-refractivity contribution is 5.87. The number of hydrogen-bond acceptors (Lipinski definition) is 4. The third kappa shape index (κ3) is 10.8. The molecule has 0 saturated heterocycles. The highest BCUT2D eigenvalue weighted by Gasteiger charge is 2.19. The lowest BCUT2D eigenvalue weighted by molar-refractivity contribution is -0.129. The normalized spacial score (nSPS) is 11.6. The summed E-state index contributed by atoms with van der Waals surface area (Å²) in [5.41, 5.74) is 8.02. The summed E-state index contributed by atoms with van der Waals surface area (Å²) >= 11 is 0. The predicted molar refractivity (Wildman–Crippen MR) is 126 cm³/mol. The molecule has 2 aromatic rings. The van der Waals surface area contributed by atoms with Gasteiger partial charge in [0.25, 0.3) is 0 Å². The van der Waals surface area contributed by atoms with E-state index in [1.807, 2.05) is 36.4 Å². The van der Waals surface area contributed by atoms with E-state index >= 15 is 0 Å². The van der Waals surface area contributed by atoms with Crippen LogP contribution in [0, 0.1) is 0 Å². The third-order valence-corrected chi connectivity index (χ3v) is 5.09. The minimum absolute atomic E-state index is 0.122. The zero-order chi connectivity index (χ0) is 22.2. The molecule has 5 N–H and O–H groups in total. The van der Waals surface area contributed by atoms with Gasteiger partial charge in [0.2, 0.25) is 11.8 Å². The van der Waals surface area contributed by atoms with Crippen LogP contribution in [0.25, 0.3) is 0 Å². The second-order valence-corrected chi connectivity index (χ2v) is 7.67. The first-order valence-electron chi connectivity index (χ1n) is 11.2. The van der Waals surface area contributed by atoms with E-state index in [1.165, 1.54) is 11.1 Å². The molecule has 0 heterocycles. The van der Waals surface area contributed by atoms with E-state index < -0.39 is 6.04 Å². The number of nitrogens with one attached hydrogen (secondary N) is 3. The first-order chi connectivity index (χ1) is 15.2. The Kier molecular flexibility index (Phi) is 12.0. The number of hydrogen-bond donors (Lipinski definition) is 4. The topological polar surface area (TPSA) is 96.2 Å². The van der Waals surface area contributed by atoms with Crippen molar-refractivity contribution in [2.45, 2.75) is 44.6 Å². The Bertz CT molecular complexity index is 753. The molecule has 6 heteroatoms. The van der Waals surface area contributed by atoms with E-state index in [1.54, 1.807) is 0 Å². The van der Waals surface area contributed by atoms with Crippen LogP contribution >= 0.6 is 0 Å². The van der Waals surface area contributed by atoms with Crippen molar-refractivity contribution in [3.8, 4) is 0 Å². The van der Waals surface area contributed by atoms with Crippen LogP contribution in [-0.4, -0.2) is 44.0 Å².